The van der Waals surface area contributed by atoms with Gasteiger partial charge >= 0.3 is 5.97 Å². The highest BCUT2D eigenvalue weighted by Gasteiger charge is 2.19. The topological polar surface area (TPSA) is 97.6 Å². The molecule has 0 spiro atoms. The molecule has 0 saturated carbocycles. The second-order valence-corrected chi connectivity index (χ2v) is 5.30. The number of amides is 1. The highest BCUT2D eigenvalue weighted by Crippen LogP contribution is 2.29. The first-order valence-corrected chi connectivity index (χ1v) is 7.72. The van der Waals surface area contributed by atoms with Crippen LogP contribution in [0.25, 0.3) is 0 Å². The van der Waals surface area contributed by atoms with E-state index in [1.54, 1.807) is 18.2 Å². The Bertz CT molecular complexity index is 840. The van der Waals surface area contributed by atoms with E-state index in [1.807, 2.05) is 6.07 Å². The molecule has 0 aromatic heterocycles. The fourth-order valence-corrected chi connectivity index (χ4v) is 2.12. The summed E-state index contributed by atoms with van der Waals surface area (Å²) in [5, 5.41) is 11.4. The highest BCUT2D eigenvalue weighted by molar-refractivity contribution is 5.97. The summed E-state index contributed by atoms with van der Waals surface area (Å²) in [6, 6.07) is 12.8. The van der Waals surface area contributed by atoms with Crippen molar-refractivity contribution in [1.29, 1.82) is 5.26 Å². The fourth-order valence-electron chi connectivity index (χ4n) is 2.12. The van der Waals surface area contributed by atoms with Crippen LogP contribution in [0.15, 0.2) is 42.5 Å². The molecule has 1 atom stereocenters. The van der Waals surface area contributed by atoms with Crippen molar-refractivity contribution in [2.75, 3.05) is 19.5 Å². The van der Waals surface area contributed by atoms with Crippen molar-refractivity contribution in [3.63, 3.8) is 0 Å². The van der Waals surface area contributed by atoms with E-state index in [-0.39, 0.29) is 5.56 Å². The molecule has 1 unspecified atom stereocenters. The van der Waals surface area contributed by atoms with Crippen LogP contribution in [0.2, 0.25) is 0 Å². The Balaban J connectivity index is 2.00. The summed E-state index contributed by atoms with van der Waals surface area (Å²) in [5.41, 5.74) is 1.17. The molecule has 0 aliphatic heterocycles. The second kappa shape index (κ2) is 8.53. The Morgan fingerprint density at radius 1 is 1.04 bits per heavy atom. The number of rotatable bonds is 6. The van der Waals surface area contributed by atoms with Crippen LogP contribution in [-0.2, 0) is 9.53 Å². The first kappa shape index (κ1) is 18.8. The number of nitriles is 1. The molecule has 0 bridgehead atoms. The van der Waals surface area contributed by atoms with Crippen molar-refractivity contribution in [1.82, 2.24) is 0 Å². The highest BCUT2D eigenvalue weighted by atomic mass is 16.5. The molecule has 0 radical (unpaired) electrons. The molecule has 134 valence electrons. The monoisotopic (exact) mass is 354 g/mol. The van der Waals surface area contributed by atoms with Gasteiger partial charge in [0.15, 0.2) is 17.6 Å². The number of nitrogens with one attached hydrogen (secondary N) is 1. The molecular weight excluding hydrogens is 336 g/mol. The predicted octanol–water partition coefficient (Wildman–Crippen LogP) is 2.76. The molecule has 2 aromatic carbocycles. The summed E-state index contributed by atoms with van der Waals surface area (Å²) >= 11 is 0. The van der Waals surface area contributed by atoms with Crippen LogP contribution in [0.3, 0.4) is 0 Å². The van der Waals surface area contributed by atoms with Gasteiger partial charge in [-0.3, -0.25) is 4.79 Å². The Hall–Kier alpha value is -3.53. The maximum Gasteiger partial charge on any atom is 0.338 e. The van der Waals surface area contributed by atoms with Gasteiger partial charge in [0.05, 0.1) is 31.4 Å². The smallest absolute Gasteiger partial charge is 0.338 e. The van der Waals surface area contributed by atoms with E-state index in [2.05, 4.69) is 5.32 Å². The van der Waals surface area contributed by atoms with E-state index in [1.165, 1.54) is 45.4 Å². The van der Waals surface area contributed by atoms with Gasteiger partial charge in [-0.1, -0.05) is 0 Å². The molecular formula is C19H18N2O5. The Kier molecular flexibility index (Phi) is 6.17. The first-order chi connectivity index (χ1) is 12.5. The summed E-state index contributed by atoms with van der Waals surface area (Å²) in [6.07, 6.45) is -1.01. The summed E-state index contributed by atoms with van der Waals surface area (Å²) < 4.78 is 15.5. The number of methoxy groups -OCH3 is 2. The number of hydrogen-bond donors (Lipinski definition) is 1. The van der Waals surface area contributed by atoms with Gasteiger partial charge in [0, 0.05) is 11.8 Å². The van der Waals surface area contributed by atoms with Crippen LogP contribution in [0, 0.1) is 11.3 Å². The van der Waals surface area contributed by atoms with Crippen LogP contribution in [-0.4, -0.2) is 32.2 Å². The molecule has 2 aromatic rings. The van der Waals surface area contributed by atoms with Gasteiger partial charge < -0.3 is 19.5 Å². The van der Waals surface area contributed by atoms with Crippen molar-refractivity contribution in [2.45, 2.75) is 13.0 Å². The summed E-state index contributed by atoms with van der Waals surface area (Å²) in [7, 11) is 3.01. The molecule has 26 heavy (non-hydrogen) atoms. The Morgan fingerprint density at radius 3 is 2.27 bits per heavy atom. The number of hydrogen-bond acceptors (Lipinski definition) is 6. The summed E-state index contributed by atoms with van der Waals surface area (Å²) in [6.45, 7) is 1.47. The maximum atomic E-state index is 12.2. The average molecular weight is 354 g/mol. The minimum Gasteiger partial charge on any atom is -0.493 e. The first-order valence-electron chi connectivity index (χ1n) is 7.72. The lowest BCUT2D eigenvalue weighted by molar-refractivity contribution is -0.123. The molecule has 7 heteroatoms. The van der Waals surface area contributed by atoms with E-state index in [9.17, 15) is 9.59 Å². The third-order valence-corrected chi connectivity index (χ3v) is 3.55. The molecule has 0 aliphatic rings. The van der Waals surface area contributed by atoms with Gasteiger partial charge in [-0.25, -0.2) is 4.79 Å². The number of carbonyl (C=O) groups is 2. The van der Waals surface area contributed by atoms with Gasteiger partial charge in [-0.2, -0.15) is 5.26 Å². The van der Waals surface area contributed by atoms with E-state index in [4.69, 9.17) is 19.5 Å². The zero-order valence-corrected chi connectivity index (χ0v) is 14.6. The van der Waals surface area contributed by atoms with Crippen molar-refractivity contribution in [3.8, 4) is 17.6 Å². The van der Waals surface area contributed by atoms with E-state index >= 15 is 0 Å². The number of ether oxygens (including phenoxy) is 3. The minimum absolute atomic E-state index is 0.259. The molecule has 0 fully saturated rings. The summed E-state index contributed by atoms with van der Waals surface area (Å²) in [5.74, 6) is -0.137. The third-order valence-electron chi connectivity index (χ3n) is 3.55. The SMILES string of the molecule is COc1ccc(NC(=O)C(C)OC(=O)c2ccc(C#N)cc2)cc1OC. The van der Waals surface area contributed by atoms with Gasteiger partial charge in [0.1, 0.15) is 0 Å². The largest absolute Gasteiger partial charge is 0.493 e. The van der Waals surface area contributed by atoms with Crippen molar-refractivity contribution in [3.05, 3.63) is 53.6 Å². The van der Waals surface area contributed by atoms with E-state index < -0.39 is 18.0 Å². The zero-order chi connectivity index (χ0) is 19.1. The van der Waals surface area contributed by atoms with E-state index in [0.29, 0.717) is 22.7 Å². The third kappa shape index (κ3) is 4.51. The van der Waals surface area contributed by atoms with Gasteiger partial charge in [-0.15, -0.1) is 0 Å². The Morgan fingerprint density at radius 2 is 1.69 bits per heavy atom. The number of nitrogens with zero attached hydrogens (tertiary/aromatic N) is 1. The van der Waals surface area contributed by atoms with Crippen LogP contribution < -0.4 is 14.8 Å². The van der Waals surface area contributed by atoms with E-state index in [0.717, 1.165) is 0 Å². The lowest BCUT2D eigenvalue weighted by Gasteiger charge is -2.15. The van der Waals surface area contributed by atoms with Crippen LogP contribution in [0.1, 0.15) is 22.8 Å². The number of anilines is 1. The molecule has 1 amide bonds. The van der Waals surface area contributed by atoms with Crippen LogP contribution >= 0.6 is 0 Å². The zero-order valence-electron chi connectivity index (χ0n) is 14.6. The number of carbonyl (C=O) groups excluding carboxylic acids is 2. The van der Waals surface area contributed by atoms with Gasteiger partial charge in [0.25, 0.3) is 5.91 Å². The molecule has 0 heterocycles. The lowest BCUT2D eigenvalue weighted by atomic mass is 10.1. The van der Waals surface area contributed by atoms with Crippen LogP contribution in [0.5, 0.6) is 11.5 Å². The minimum atomic E-state index is -1.01. The number of benzene rings is 2. The van der Waals surface area contributed by atoms with Crippen molar-refractivity contribution >= 4 is 17.6 Å². The number of esters is 1. The molecule has 7 nitrogen and oxygen atoms in total. The lowest BCUT2D eigenvalue weighted by Crippen LogP contribution is -2.30. The molecule has 2 rings (SSSR count). The maximum absolute atomic E-state index is 12.2. The predicted molar refractivity (Wildman–Crippen MR) is 94.2 cm³/mol. The summed E-state index contributed by atoms with van der Waals surface area (Å²) in [4.78, 5) is 24.3. The van der Waals surface area contributed by atoms with Crippen molar-refractivity contribution < 1.29 is 23.8 Å². The molecule has 1 N–H and O–H groups in total. The quantitative estimate of drug-likeness (QED) is 0.801. The standard InChI is InChI=1S/C19H18N2O5/c1-12(26-19(23)14-6-4-13(11-20)5-7-14)18(22)21-15-8-9-16(24-2)17(10-15)25-3/h4-10,12H,1-3H3,(H,21,22). The van der Waals surface area contributed by atoms with Crippen molar-refractivity contribution in [2.24, 2.45) is 0 Å². The molecule has 0 aliphatic carbocycles. The van der Waals surface area contributed by atoms with Gasteiger partial charge in [0.2, 0.25) is 0 Å². The fraction of sp³-hybridized carbons (Fsp3) is 0.211. The molecule has 0 saturated heterocycles. The van der Waals surface area contributed by atoms with Crippen LogP contribution in [0.4, 0.5) is 5.69 Å². The normalized spacial score (nSPS) is 11.0. The average Bonchev–Trinajstić information content (AvgIpc) is 2.67. The Labute approximate surface area is 151 Å². The second-order valence-electron chi connectivity index (χ2n) is 5.30. The van der Waals surface area contributed by atoms with Gasteiger partial charge in [-0.05, 0) is 43.3 Å².